The molecule has 3 atom stereocenters. The Balaban J connectivity index is 2.19. The molecule has 3 unspecified atom stereocenters. The minimum Gasteiger partial charge on any atom is -0.377 e. The van der Waals surface area contributed by atoms with Crippen LogP contribution in [0.1, 0.15) is 19.8 Å². The number of nitrogens with zero attached hydrogens (tertiary/aromatic N) is 1. The van der Waals surface area contributed by atoms with Crippen LogP contribution in [0.25, 0.3) is 0 Å². The molecule has 0 aromatic rings. The molecule has 0 aromatic heterocycles. The average molecular weight is 165 g/mol. The van der Waals surface area contributed by atoms with Crippen LogP contribution in [0.2, 0.25) is 0 Å². The summed E-state index contributed by atoms with van der Waals surface area (Å²) in [6, 6.07) is 0. The Hall–Kier alpha value is -0.520. The Morgan fingerprint density at radius 2 is 2.33 bits per heavy atom. The second kappa shape index (κ2) is 2.76. The number of rotatable bonds is 0. The smallest absolute Gasteiger partial charge is 0.130 e. The van der Waals surface area contributed by atoms with Gasteiger partial charge < -0.3 is 10.0 Å². The van der Waals surface area contributed by atoms with E-state index in [-0.39, 0.29) is 0 Å². The summed E-state index contributed by atoms with van der Waals surface area (Å²) < 4.78 is 0. The second-order valence-corrected chi connectivity index (χ2v) is 3.84. The lowest BCUT2D eigenvalue weighted by Gasteiger charge is -2.34. The van der Waals surface area contributed by atoms with Crippen LogP contribution in [0.4, 0.5) is 0 Å². The number of fused-ring (bicyclic) bond motifs is 2. The van der Waals surface area contributed by atoms with Gasteiger partial charge in [0.25, 0.3) is 0 Å². The SMILES string of the molecule is CC#CC1(O)CCN2CCC1C2. The largest absolute Gasteiger partial charge is 0.377 e. The molecule has 2 heterocycles. The summed E-state index contributed by atoms with van der Waals surface area (Å²) in [7, 11) is 0. The molecule has 0 aromatic carbocycles. The van der Waals surface area contributed by atoms with Crippen molar-refractivity contribution >= 4 is 0 Å². The fourth-order valence-electron chi connectivity index (χ4n) is 2.34. The van der Waals surface area contributed by atoms with E-state index in [1.54, 1.807) is 6.92 Å². The quantitative estimate of drug-likeness (QED) is 0.527. The Bertz CT molecular complexity index is 240. The van der Waals surface area contributed by atoms with Crippen molar-refractivity contribution < 1.29 is 5.11 Å². The highest BCUT2D eigenvalue weighted by molar-refractivity contribution is 5.18. The Kier molecular flexibility index (Phi) is 1.86. The molecule has 1 N–H and O–H groups in total. The molecule has 12 heavy (non-hydrogen) atoms. The molecule has 2 aliphatic rings. The molecular formula is C10H15NO. The van der Waals surface area contributed by atoms with Crippen LogP contribution in [0, 0.1) is 17.8 Å². The van der Waals surface area contributed by atoms with Crippen molar-refractivity contribution in [1.29, 1.82) is 0 Å². The molecule has 0 spiro atoms. The summed E-state index contributed by atoms with van der Waals surface area (Å²) in [6.07, 6.45) is 1.95. The third-order valence-corrected chi connectivity index (χ3v) is 3.10. The maximum absolute atomic E-state index is 10.2. The van der Waals surface area contributed by atoms with Gasteiger partial charge in [0.2, 0.25) is 0 Å². The summed E-state index contributed by atoms with van der Waals surface area (Å²) in [5.41, 5.74) is -0.665. The third-order valence-electron chi connectivity index (χ3n) is 3.10. The Morgan fingerprint density at radius 1 is 1.50 bits per heavy atom. The number of hydrogen-bond acceptors (Lipinski definition) is 2. The first kappa shape index (κ1) is 8.10. The molecule has 66 valence electrons. The second-order valence-electron chi connectivity index (χ2n) is 3.84. The minimum atomic E-state index is -0.665. The van der Waals surface area contributed by atoms with E-state index in [4.69, 9.17) is 0 Å². The van der Waals surface area contributed by atoms with E-state index in [9.17, 15) is 5.11 Å². The summed E-state index contributed by atoms with van der Waals surface area (Å²) >= 11 is 0. The van der Waals surface area contributed by atoms with E-state index < -0.39 is 5.60 Å². The summed E-state index contributed by atoms with van der Waals surface area (Å²) in [5, 5.41) is 10.2. The number of hydrogen-bond donors (Lipinski definition) is 1. The van der Waals surface area contributed by atoms with Gasteiger partial charge in [0.15, 0.2) is 0 Å². The van der Waals surface area contributed by atoms with E-state index in [0.29, 0.717) is 5.92 Å². The van der Waals surface area contributed by atoms with Crippen LogP contribution in [0.5, 0.6) is 0 Å². The molecule has 0 aliphatic carbocycles. The molecule has 2 fully saturated rings. The maximum Gasteiger partial charge on any atom is 0.130 e. The zero-order chi connectivity index (χ0) is 8.60. The van der Waals surface area contributed by atoms with Crippen molar-refractivity contribution in [2.75, 3.05) is 19.6 Å². The highest BCUT2D eigenvalue weighted by atomic mass is 16.3. The highest BCUT2D eigenvalue weighted by Crippen LogP contribution is 2.34. The van der Waals surface area contributed by atoms with Crippen molar-refractivity contribution in [1.82, 2.24) is 4.90 Å². The number of aliphatic hydroxyl groups is 1. The van der Waals surface area contributed by atoms with E-state index in [0.717, 1.165) is 32.5 Å². The zero-order valence-corrected chi connectivity index (χ0v) is 7.51. The normalized spacial score (nSPS) is 45.2. The van der Waals surface area contributed by atoms with Gasteiger partial charge in [-0.3, -0.25) is 0 Å². The first-order valence-corrected chi connectivity index (χ1v) is 4.63. The van der Waals surface area contributed by atoms with Gasteiger partial charge in [-0.05, 0) is 19.9 Å². The van der Waals surface area contributed by atoms with Crippen LogP contribution in [0.15, 0.2) is 0 Å². The van der Waals surface area contributed by atoms with E-state index in [2.05, 4.69) is 16.7 Å². The highest BCUT2D eigenvalue weighted by Gasteiger charge is 2.43. The summed E-state index contributed by atoms with van der Waals surface area (Å²) in [6.45, 7) is 5.02. The topological polar surface area (TPSA) is 23.5 Å². The molecule has 0 saturated carbocycles. The van der Waals surface area contributed by atoms with Gasteiger partial charge in [0.1, 0.15) is 5.60 Å². The van der Waals surface area contributed by atoms with Crippen LogP contribution < -0.4 is 0 Å². The van der Waals surface area contributed by atoms with Gasteiger partial charge in [0.05, 0.1) is 0 Å². The minimum absolute atomic E-state index is 0.402. The first-order chi connectivity index (χ1) is 5.74. The molecule has 2 nitrogen and oxygen atoms in total. The van der Waals surface area contributed by atoms with Gasteiger partial charge >= 0.3 is 0 Å². The molecule has 2 saturated heterocycles. The zero-order valence-electron chi connectivity index (χ0n) is 7.51. The Morgan fingerprint density at radius 3 is 3.08 bits per heavy atom. The fraction of sp³-hybridized carbons (Fsp3) is 0.800. The van der Waals surface area contributed by atoms with E-state index in [1.165, 1.54) is 0 Å². The van der Waals surface area contributed by atoms with Crippen molar-refractivity contribution in [2.45, 2.75) is 25.4 Å². The van der Waals surface area contributed by atoms with Crippen molar-refractivity contribution in [2.24, 2.45) is 5.92 Å². The lowest BCUT2D eigenvalue weighted by Crippen LogP contribution is -2.45. The average Bonchev–Trinajstić information content (AvgIpc) is 2.45. The lowest BCUT2D eigenvalue weighted by molar-refractivity contribution is 0.00676. The monoisotopic (exact) mass is 165 g/mol. The maximum atomic E-state index is 10.2. The van der Waals surface area contributed by atoms with Gasteiger partial charge in [0, 0.05) is 25.4 Å². The lowest BCUT2D eigenvalue weighted by atomic mass is 9.83. The molecule has 2 heteroatoms. The van der Waals surface area contributed by atoms with E-state index in [1.807, 2.05) is 0 Å². The molecule has 2 bridgehead atoms. The number of piperidine rings is 1. The predicted molar refractivity (Wildman–Crippen MR) is 47.6 cm³/mol. The molecule has 2 rings (SSSR count). The van der Waals surface area contributed by atoms with Crippen LogP contribution in [-0.4, -0.2) is 35.2 Å². The van der Waals surface area contributed by atoms with Crippen LogP contribution in [-0.2, 0) is 0 Å². The fourth-order valence-corrected chi connectivity index (χ4v) is 2.34. The molecule has 0 amide bonds. The Labute approximate surface area is 73.6 Å². The summed E-state index contributed by atoms with van der Waals surface area (Å²) in [4.78, 5) is 2.41. The summed E-state index contributed by atoms with van der Waals surface area (Å²) in [5.74, 6) is 6.21. The van der Waals surface area contributed by atoms with Gasteiger partial charge in [-0.2, -0.15) is 0 Å². The van der Waals surface area contributed by atoms with Gasteiger partial charge in [-0.15, -0.1) is 5.92 Å². The molecule has 0 radical (unpaired) electrons. The van der Waals surface area contributed by atoms with Crippen molar-refractivity contribution in [3.63, 3.8) is 0 Å². The van der Waals surface area contributed by atoms with E-state index >= 15 is 0 Å². The standard InChI is InChI=1S/C10H15NO/c1-2-4-10(12)5-7-11-6-3-9(10)8-11/h9,12H,3,5-8H2,1H3. The first-order valence-electron chi connectivity index (χ1n) is 4.63. The van der Waals surface area contributed by atoms with Crippen LogP contribution in [0.3, 0.4) is 0 Å². The molecular weight excluding hydrogens is 150 g/mol. The van der Waals surface area contributed by atoms with Gasteiger partial charge in [-0.1, -0.05) is 5.92 Å². The van der Waals surface area contributed by atoms with Gasteiger partial charge in [-0.25, -0.2) is 0 Å². The third kappa shape index (κ3) is 1.14. The van der Waals surface area contributed by atoms with Crippen molar-refractivity contribution in [3.05, 3.63) is 0 Å². The van der Waals surface area contributed by atoms with Crippen molar-refractivity contribution in [3.8, 4) is 11.8 Å². The van der Waals surface area contributed by atoms with Crippen LogP contribution >= 0.6 is 0 Å². The molecule has 2 aliphatic heterocycles. The predicted octanol–water partition coefficient (Wildman–Crippen LogP) is 0.466.